The molecule has 0 radical (unpaired) electrons. The highest BCUT2D eigenvalue weighted by Gasteiger charge is 2.28. The van der Waals surface area contributed by atoms with E-state index in [0.29, 0.717) is 6.54 Å². The van der Waals surface area contributed by atoms with E-state index in [9.17, 15) is 4.79 Å². The van der Waals surface area contributed by atoms with Crippen molar-refractivity contribution >= 4 is 23.5 Å². The number of aromatic nitrogens is 2. The predicted molar refractivity (Wildman–Crippen MR) is 126 cm³/mol. The van der Waals surface area contributed by atoms with Crippen molar-refractivity contribution in [2.75, 3.05) is 44.2 Å². The third-order valence-corrected chi connectivity index (χ3v) is 7.11. The molecule has 1 N–H and O–H groups in total. The molecule has 1 aromatic carbocycles. The van der Waals surface area contributed by atoms with Crippen molar-refractivity contribution in [2.24, 2.45) is 5.92 Å². The predicted octanol–water partition coefficient (Wildman–Crippen LogP) is 3.75. The van der Waals surface area contributed by atoms with Crippen LogP contribution in [0.4, 0.5) is 5.82 Å². The molecule has 3 heterocycles. The quantitative estimate of drug-likeness (QED) is 0.632. The smallest absolute Gasteiger partial charge is 0.224 e. The van der Waals surface area contributed by atoms with Gasteiger partial charge < -0.3 is 15.1 Å². The van der Waals surface area contributed by atoms with E-state index in [0.717, 1.165) is 54.6 Å². The molecule has 1 aromatic heterocycles. The van der Waals surface area contributed by atoms with E-state index in [1.807, 2.05) is 0 Å². The first kappa shape index (κ1) is 22.1. The third kappa shape index (κ3) is 6.20. The molecule has 2 aliphatic heterocycles. The zero-order valence-electron chi connectivity index (χ0n) is 18.4. The molecule has 4 rings (SSSR count). The monoisotopic (exact) mass is 439 g/mol. The summed E-state index contributed by atoms with van der Waals surface area (Å²) in [5, 5.41) is 4.08. The molecule has 7 heteroatoms. The van der Waals surface area contributed by atoms with Gasteiger partial charge in [-0.15, -0.1) is 0 Å². The molecule has 1 unspecified atom stereocenters. The number of nitrogens with one attached hydrogen (secondary N) is 1. The Balaban J connectivity index is 1.32. The minimum Gasteiger partial charge on any atom is -0.356 e. The minimum atomic E-state index is 0.0137. The maximum Gasteiger partial charge on any atom is 0.224 e. The van der Waals surface area contributed by atoms with E-state index in [4.69, 9.17) is 0 Å². The van der Waals surface area contributed by atoms with Gasteiger partial charge in [0.25, 0.3) is 0 Å². The Morgan fingerprint density at radius 1 is 1.10 bits per heavy atom. The molecule has 2 saturated heterocycles. The van der Waals surface area contributed by atoms with Gasteiger partial charge in [-0.1, -0.05) is 29.5 Å². The molecule has 2 aliphatic rings. The Labute approximate surface area is 189 Å². The minimum absolute atomic E-state index is 0.0137. The van der Waals surface area contributed by atoms with E-state index in [2.05, 4.69) is 56.3 Å². The van der Waals surface area contributed by atoms with E-state index >= 15 is 0 Å². The average molecular weight is 440 g/mol. The SMILES string of the molecule is Cc1ccc(Sc2nccnc2N2CCCC(C(=O)NCCCN3CCCC3)C2)cc1. The molecule has 6 nitrogen and oxygen atoms in total. The Morgan fingerprint density at radius 3 is 2.68 bits per heavy atom. The summed E-state index contributed by atoms with van der Waals surface area (Å²) in [4.78, 5) is 27.9. The van der Waals surface area contributed by atoms with Gasteiger partial charge in [-0.25, -0.2) is 9.97 Å². The second-order valence-electron chi connectivity index (χ2n) is 8.58. The topological polar surface area (TPSA) is 61.4 Å². The number of nitrogens with zero attached hydrogens (tertiary/aromatic N) is 4. The summed E-state index contributed by atoms with van der Waals surface area (Å²) in [5.41, 5.74) is 1.24. The number of likely N-dealkylation sites (tertiary alicyclic amines) is 1. The van der Waals surface area contributed by atoms with Crippen LogP contribution in [-0.2, 0) is 4.79 Å². The first-order valence-electron chi connectivity index (χ1n) is 11.5. The fourth-order valence-corrected chi connectivity index (χ4v) is 5.26. The number of carbonyl (C=O) groups is 1. The van der Waals surface area contributed by atoms with Crippen molar-refractivity contribution in [2.45, 2.75) is 48.9 Å². The van der Waals surface area contributed by atoms with E-state index in [-0.39, 0.29) is 11.8 Å². The standard InChI is InChI=1S/C24H33N5OS/c1-19-7-9-21(10-8-19)31-24-22(25-12-13-27-24)29-17-4-6-20(18-29)23(30)26-11-5-16-28-14-2-3-15-28/h7-10,12-13,20H,2-6,11,14-18H2,1H3,(H,26,30). The van der Waals surface area contributed by atoms with Crippen LogP contribution in [0, 0.1) is 12.8 Å². The lowest BCUT2D eigenvalue weighted by molar-refractivity contribution is -0.125. The van der Waals surface area contributed by atoms with Crippen molar-refractivity contribution in [1.29, 1.82) is 0 Å². The first-order chi connectivity index (χ1) is 15.2. The highest BCUT2D eigenvalue weighted by atomic mass is 32.2. The van der Waals surface area contributed by atoms with Gasteiger partial charge in [-0.3, -0.25) is 4.79 Å². The summed E-state index contributed by atoms with van der Waals surface area (Å²) in [6.07, 6.45) is 9.09. The van der Waals surface area contributed by atoms with Crippen molar-refractivity contribution in [3.05, 3.63) is 42.2 Å². The van der Waals surface area contributed by atoms with Gasteiger partial charge in [0.1, 0.15) is 5.03 Å². The highest BCUT2D eigenvalue weighted by Crippen LogP contribution is 2.34. The van der Waals surface area contributed by atoms with Gasteiger partial charge in [-0.05, 0) is 70.8 Å². The Hall–Kier alpha value is -2.12. The molecule has 1 atom stereocenters. The summed E-state index contributed by atoms with van der Waals surface area (Å²) < 4.78 is 0. The van der Waals surface area contributed by atoms with Gasteiger partial charge in [0, 0.05) is 36.9 Å². The van der Waals surface area contributed by atoms with Crippen LogP contribution in [0.15, 0.2) is 46.6 Å². The number of hydrogen-bond donors (Lipinski definition) is 1. The molecule has 0 saturated carbocycles. The molecule has 2 fully saturated rings. The van der Waals surface area contributed by atoms with Gasteiger partial charge in [-0.2, -0.15) is 0 Å². The van der Waals surface area contributed by atoms with Crippen molar-refractivity contribution in [3.8, 4) is 0 Å². The van der Waals surface area contributed by atoms with E-state index in [1.165, 1.54) is 31.5 Å². The maximum absolute atomic E-state index is 12.8. The zero-order chi connectivity index (χ0) is 21.5. The lowest BCUT2D eigenvalue weighted by Gasteiger charge is -2.33. The first-order valence-corrected chi connectivity index (χ1v) is 12.3. The summed E-state index contributed by atoms with van der Waals surface area (Å²) in [6, 6.07) is 8.47. The molecule has 0 aliphatic carbocycles. The molecule has 166 valence electrons. The number of rotatable bonds is 8. The number of piperidine rings is 1. The van der Waals surface area contributed by atoms with Gasteiger partial charge in [0.2, 0.25) is 5.91 Å². The van der Waals surface area contributed by atoms with Gasteiger partial charge in [0.15, 0.2) is 5.82 Å². The van der Waals surface area contributed by atoms with Crippen molar-refractivity contribution in [3.63, 3.8) is 0 Å². The summed E-state index contributed by atoms with van der Waals surface area (Å²) >= 11 is 1.63. The van der Waals surface area contributed by atoms with Crippen molar-refractivity contribution < 1.29 is 4.79 Å². The molecule has 2 aromatic rings. The lowest BCUT2D eigenvalue weighted by atomic mass is 9.97. The number of benzene rings is 1. The van der Waals surface area contributed by atoms with E-state index < -0.39 is 0 Å². The normalized spacial score (nSPS) is 19.5. The summed E-state index contributed by atoms with van der Waals surface area (Å²) in [6.45, 7) is 8.01. The zero-order valence-corrected chi connectivity index (χ0v) is 19.2. The van der Waals surface area contributed by atoms with Crippen LogP contribution in [0.5, 0.6) is 0 Å². The Kier molecular flexibility index (Phi) is 7.81. The van der Waals surface area contributed by atoms with Crippen LogP contribution >= 0.6 is 11.8 Å². The lowest BCUT2D eigenvalue weighted by Crippen LogP contribution is -2.44. The van der Waals surface area contributed by atoms with Gasteiger partial charge >= 0.3 is 0 Å². The van der Waals surface area contributed by atoms with Crippen LogP contribution < -0.4 is 10.2 Å². The van der Waals surface area contributed by atoms with Crippen molar-refractivity contribution in [1.82, 2.24) is 20.2 Å². The Bertz CT molecular complexity index is 853. The fraction of sp³-hybridized carbons (Fsp3) is 0.542. The summed E-state index contributed by atoms with van der Waals surface area (Å²) in [7, 11) is 0. The molecule has 0 spiro atoms. The second kappa shape index (κ2) is 11.0. The second-order valence-corrected chi connectivity index (χ2v) is 9.64. The number of aryl methyl sites for hydroxylation is 1. The Morgan fingerprint density at radius 2 is 1.87 bits per heavy atom. The third-order valence-electron chi connectivity index (χ3n) is 6.12. The van der Waals surface area contributed by atoms with Crippen LogP contribution in [-0.4, -0.2) is 60.0 Å². The van der Waals surface area contributed by atoms with Crippen LogP contribution in [0.2, 0.25) is 0 Å². The number of anilines is 1. The molecular formula is C24H33N5OS. The molecule has 1 amide bonds. The molecular weight excluding hydrogens is 406 g/mol. The van der Waals surface area contributed by atoms with Gasteiger partial charge in [0.05, 0.1) is 5.92 Å². The van der Waals surface area contributed by atoms with Crippen LogP contribution in [0.25, 0.3) is 0 Å². The van der Waals surface area contributed by atoms with Crippen LogP contribution in [0.1, 0.15) is 37.7 Å². The van der Waals surface area contributed by atoms with E-state index in [1.54, 1.807) is 24.2 Å². The molecule has 0 bridgehead atoms. The highest BCUT2D eigenvalue weighted by molar-refractivity contribution is 7.99. The largest absolute Gasteiger partial charge is 0.356 e. The number of carbonyl (C=O) groups excluding carboxylic acids is 1. The maximum atomic E-state index is 12.8. The summed E-state index contributed by atoms with van der Waals surface area (Å²) in [5.74, 6) is 1.09. The molecule has 31 heavy (non-hydrogen) atoms. The average Bonchev–Trinajstić information content (AvgIpc) is 3.32. The number of amides is 1. The van der Waals surface area contributed by atoms with Crippen LogP contribution in [0.3, 0.4) is 0 Å². The fourth-order valence-electron chi connectivity index (χ4n) is 4.37. The number of hydrogen-bond acceptors (Lipinski definition) is 6.